The van der Waals surface area contributed by atoms with E-state index in [4.69, 9.17) is 11.6 Å². The standard InChI is InChI=1S/C15H17ClFN3/c1-10-14(16)9-20(19-10)8-12-6-11(2-5-15(12)17)7-18-13-3-4-13/h2,5-6,9,13,18H,3-4,7-8H2,1H3. The van der Waals surface area contributed by atoms with Crippen LogP contribution in [0.3, 0.4) is 0 Å². The van der Waals surface area contributed by atoms with Crippen molar-refractivity contribution in [1.29, 1.82) is 0 Å². The molecule has 0 spiro atoms. The molecule has 1 aliphatic carbocycles. The Kier molecular flexibility index (Phi) is 3.76. The first-order chi connectivity index (χ1) is 9.61. The molecule has 1 aliphatic rings. The molecule has 1 fully saturated rings. The number of benzene rings is 1. The SMILES string of the molecule is Cc1nn(Cc2cc(CNC3CC3)ccc2F)cc1Cl. The van der Waals surface area contributed by atoms with Crippen molar-refractivity contribution in [1.82, 2.24) is 15.1 Å². The molecule has 0 aliphatic heterocycles. The van der Waals surface area contributed by atoms with Gasteiger partial charge in [-0.25, -0.2) is 4.39 Å². The fraction of sp³-hybridized carbons (Fsp3) is 0.400. The molecule has 1 aromatic heterocycles. The summed E-state index contributed by atoms with van der Waals surface area (Å²) in [4.78, 5) is 0. The van der Waals surface area contributed by atoms with Gasteiger partial charge >= 0.3 is 0 Å². The molecule has 3 rings (SSSR count). The number of rotatable bonds is 5. The minimum Gasteiger partial charge on any atom is -0.310 e. The monoisotopic (exact) mass is 293 g/mol. The summed E-state index contributed by atoms with van der Waals surface area (Å²) >= 11 is 5.97. The van der Waals surface area contributed by atoms with Crippen LogP contribution in [-0.2, 0) is 13.1 Å². The zero-order valence-electron chi connectivity index (χ0n) is 11.4. The Balaban J connectivity index is 1.74. The van der Waals surface area contributed by atoms with Crippen molar-refractivity contribution in [2.75, 3.05) is 0 Å². The average Bonchev–Trinajstić information content (AvgIpc) is 3.18. The number of halogens is 2. The smallest absolute Gasteiger partial charge is 0.128 e. The van der Waals surface area contributed by atoms with E-state index in [0.29, 0.717) is 23.2 Å². The van der Waals surface area contributed by atoms with Crippen LogP contribution >= 0.6 is 11.6 Å². The van der Waals surface area contributed by atoms with E-state index in [2.05, 4.69) is 10.4 Å². The van der Waals surface area contributed by atoms with Crippen LogP contribution in [0.2, 0.25) is 5.02 Å². The minimum atomic E-state index is -0.204. The topological polar surface area (TPSA) is 29.9 Å². The van der Waals surface area contributed by atoms with Crippen LogP contribution in [0, 0.1) is 12.7 Å². The summed E-state index contributed by atoms with van der Waals surface area (Å²) in [6.07, 6.45) is 4.23. The van der Waals surface area contributed by atoms with Gasteiger partial charge in [0.05, 0.1) is 17.3 Å². The van der Waals surface area contributed by atoms with Crippen LogP contribution in [0.5, 0.6) is 0 Å². The predicted octanol–water partition coefficient (Wildman–Crippen LogP) is 3.28. The highest BCUT2D eigenvalue weighted by molar-refractivity contribution is 6.31. The molecule has 0 atom stereocenters. The third-order valence-corrected chi connectivity index (χ3v) is 3.87. The van der Waals surface area contributed by atoms with Crippen LogP contribution in [0.15, 0.2) is 24.4 Å². The number of nitrogens with one attached hydrogen (secondary N) is 1. The molecule has 0 saturated heterocycles. The summed E-state index contributed by atoms with van der Waals surface area (Å²) in [6, 6.07) is 5.90. The highest BCUT2D eigenvalue weighted by Crippen LogP contribution is 2.20. The van der Waals surface area contributed by atoms with Gasteiger partial charge in [-0.2, -0.15) is 5.10 Å². The number of aryl methyl sites for hydroxylation is 1. The zero-order chi connectivity index (χ0) is 14.1. The average molecular weight is 294 g/mol. The summed E-state index contributed by atoms with van der Waals surface area (Å²) in [6.45, 7) is 3.03. The van der Waals surface area contributed by atoms with Gasteiger partial charge < -0.3 is 5.32 Å². The summed E-state index contributed by atoms with van der Waals surface area (Å²) in [5, 5.41) is 8.30. The number of hydrogen-bond donors (Lipinski definition) is 1. The Hall–Kier alpha value is -1.39. The zero-order valence-corrected chi connectivity index (χ0v) is 12.1. The fourth-order valence-corrected chi connectivity index (χ4v) is 2.31. The van der Waals surface area contributed by atoms with Gasteiger partial charge in [0, 0.05) is 24.3 Å². The normalized spacial score (nSPS) is 14.8. The van der Waals surface area contributed by atoms with E-state index in [1.165, 1.54) is 18.9 Å². The summed E-state index contributed by atoms with van der Waals surface area (Å²) in [5.41, 5.74) is 2.50. The second kappa shape index (κ2) is 5.54. The van der Waals surface area contributed by atoms with Gasteiger partial charge in [0.2, 0.25) is 0 Å². The molecule has 106 valence electrons. The second-order valence-corrected chi connectivity index (χ2v) is 5.75. The molecule has 0 amide bonds. The van der Waals surface area contributed by atoms with E-state index in [1.54, 1.807) is 10.9 Å². The Morgan fingerprint density at radius 2 is 2.25 bits per heavy atom. The van der Waals surface area contributed by atoms with Crippen molar-refractivity contribution in [3.8, 4) is 0 Å². The first-order valence-corrected chi connectivity index (χ1v) is 7.20. The summed E-state index contributed by atoms with van der Waals surface area (Å²) in [5.74, 6) is -0.204. The number of hydrogen-bond acceptors (Lipinski definition) is 2. The fourth-order valence-electron chi connectivity index (χ4n) is 2.16. The highest BCUT2D eigenvalue weighted by Gasteiger charge is 2.20. The quantitative estimate of drug-likeness (QED) is 0.917. The molecule has 5 heteroatoms. The molecular formula is C15H17ClFN3. The van der Waals surface area contributed by atoms with Crippen molar-refractivity contribution >= 4 is 11.6 Å². The van der Waals surface area contributed by atoms with E-state index in [-0.39, 0.29) is 5.82 Å². The third-order valence-electron chi connectivity index (χ3n) is 3.50. The maximum Gasteiger partial charge on any atom is 0.128 e. The van der Waals surface area contributed by atoms with Crippen molar-refractivity contribution < 1.29 is 4.39 Å². The Bertz CT molecular complexity index is 600. The molecular weight excluding hydrogens is 277 g/mol. The van der Waals surface area contributed by atoms with Gasteiger partial charge in [-0.15, -0.1) is 0 Å². The number of aromatic nitrogens is 2. The van der Waals surface area contributed by atoms with E-state index >= 15 is 0 Å². The molecule has 20 heavy (non-hydrogen) atoms. The molecule has 0 radical (unpaired) electrons. The lowest BCUT2D eigenvalue weighted by molar-refractivity contribution is 0.581. The Morgan fingerprint density at radius 1 is 1.45 bits per heavy atom. The van der Waals surface area contributed by atoms with Gasteiger partial charge in [-0.3, -0.25) is 4.68 Å². The van der Waals surface area contributed by atoms with E-state index in [0.717, 1.165) is 17.8 Å². The maximum atomic E-state index is 13.9. The Labute approximate surface area is 122 Å². The van der Waals surface area contributed by atoms with Gasteiger partial charge in [-0.05, 0) is 37.5 Å². The first kappa shape index (κ1) is 13.6. The van der Waals surface area contributed by atoms with Crippen LogP contribution in [0.1, 0.15) is 29.7 Å². The van der Waals surface area contributed by atoms with Gasteiger partial charge in [-0.1, -0.05) is 17.7 Å². The van der Waals surface area contributed by atoms with Crippen molar-refractivity contribution in [3.05, 3.63) is 52.1 Å². The lowest BCUT2D eigenvalue weighted by Crippen LogP contribution is -2.15. The molecule has 0 unspecified atom stereocenters. The van der Waals surface area contributed by atoms with Crippen LogP contribution in [-0.4, -0.2) is 15.8 Å². The van der Waals surface area contributed by atoms with Gasteiger partial charge in [0.1, 0.15) is 5.82 Å². The van der Waals surface area contributed by atoms with Crippen molar-refractivity contribution in [2.24, 2.45) is 0 Å². The molecule has 2 aromatic rings. The first-order valence-electron chi connectivity index (χ1n) is 6.82. The molecule has 1 heterocycles. The molecule has 1 N–H and O–H groups in total. The van der Waals surface area contributed by atoms with Gasteiger partial charge in [0.25, 0.3) is 0 Å². The highest BCUT2D eigenvalue weighted by atomic mass is 35.5. The van der Waals surface area contributed by atoms with Crippen molar-refractivity contribution in [3.63, 3.8) is 0 Å². The van der Waals surface area contributed by atoms with Gasteiger partial charge in [0.15, 0.2) is 0 Å². The molecule has 3 nitrogen and oxygen atoms in total. The largest absolute Gasteiger partial charge is 0.310 e. The van der Waals surface area contributed by atoms with E-state index in [9.17, 15) is 4.39 Å². The van der Waals surface area contributed by atoms with E-state index < -0.39 is 0 Å². The number of nitrogens with zero attached hydrogens (tertiary/aromatic N) is 2. The molecule has 0 bridgehead atoms. The van der Waals surface area contributed by atoms with Crippen molar-refractivity contribution in [2.45, 2.75) is 38.9 Å². The lowest BCUT2D eigenvalue weighted by atomic mass is 10.1. The second-order valence-electron chi connectivity index (χ2n) is 5.34. The van der Waals surface area contributed by atoms with Crippen LogP contribution in [0.25, 0.3) is 0 Å². The molecule has 1 saturated carbocycles. The third kappa shape index (κ3) is 3.19. The Morgan fingerprint density at radius 3 is 2.90 bits per heavy atom. The maximum absolute atomic E-state index is 13.9. The summed E-state index contributed by atoms with van der Waals surface area (Å²) in [7, 11) is 0. The molecule has 1 aromatic carbocycles. The van der Waals surface area contributed by atoms with E-state index in [1.807, 2.05) is 19.1 Å². The summed E-state index contributed by atoms with van der Waals surface area (Å²) < 4.78 is 15.6. The van der Waals surface area contributed by atoms with Crippen LogP contribution in [0.4, 0.5) is 4.39 Å². The van der Waals surface area contributed by atoms with Crippen LogP contribution < -0.4 is 5.32 Å². The predicted molar refractivity (Wildman–Crippen MR) is 77.3 cm³/mol. The lowest BCUT2D eigenvalue weighted by Gasteiger charge is -2.08. The minimum absolute atomic E-state index is 0.204.